The number of aliphatic imine (C=N–C) groups is 6. The maximum Gasteiger partial charge on any atom is 1.00 e. The smallest absolute Gasteiger partial charge is 1.00 e. The van der Waals surface area contributed by atoms with E-state index in [2.05, 4.69) is 30.0 Å². The second kappa shape index (κ2) is 41.1. The van der Waals surface area contributed by atoms with Crippen LogP contribution in [0.5, 0.6) is 0 Å². The van der Waals surface area contributed by atoms with Gasteiger partial charge in [0.15, 0.2) is 0 Å². The van der Waals surface area contributed by atoms with Crippen LogP contribution in [0.2, 0.25) is 0 Å². The first-order chi connectivity index (χ1) is 56.7. The molecule has 0 heterocycles. The van der Waals surface area contributed by atoms with Gasteiger partial charge in [0.25, 0.3) is 0 Å². The molecule has 736 valence electrons. The van der Waals surface area contributed by atoms with Gasteiger partial charge in [-0.15, -0.1) is 0 Å². The SMILES string of the molecule is CC#N.CC#N.FC(F)(F)c1cc(C=NC2CC(N=Cc3cc(C(F)(F)F)cc(C(F)(F)F)c3)CC(N=Cc3cc(C(F)(F)F)cc(C(F)(F)F)c3)C2)cc(C(F)(F)F)c1.FC(F)(F)c1cc(C=NC2CC(N=Cc3cc(C(F)(F)F)cc(C(F)(F)F)c3)CC(N=Cc3cc(C(F)(F)F)cc(C(F)(F)F)c3)C2)cc(C(F)(F)F)c1.F[P-](F)(F)(F)(F)F.F[P-](F)(F)(F)(F)F.[Cu+].[Cu+]. The number of hydrogen-bond donors (Lipinski definition) is 0. The van der Waals surface area contributed by atoms with Crippen molar-refractivity contribution < 1.29 is 243 Å². The summed E-state index contributed by atoms with van der Waals surface area (Å²) < 4.78 is 599. The molecule has 8 rings (SSSR count). The summed E-state index contributed by atoms with van der Waals surface area (Å²) in [6.45, 7) is 2.86. The topological polar surface area (TPSA) is 122 Å². The van der Waals surface area contributed by atoms with Crippen LogP contribution in [-0.2, 0) is 108 Å². The fourth-order valence-electron chi connectivity index (χ4n) is 10.7. The van der Waals surface area contributed by atoms with E-state index in [4.69, 9.17) is 10.5 Å². The Balaban J connectivity index is 0.00000106. The molecule has 8 nitrogen and oxygen atoms in total. The summed E-state index contributed by atoms with van der Waals surface area (Å²) in [6.07, 6.45) is -60.5. The maximum atomic E-state index is 13.4. The standard InChI is InChI=1S/2C33H21F18N3.2C2H3N.2Cu.2F6P/c2*34-28(35,36)19-1-16(2-20(7-19)29(37,38)39)13-52-25-10-26(53-14-17-3-21(30(40,41)42)8-22(4-17)31(43,44)45)12-27(11-25)54-15-18-5-23(32(46,47)48)9-24(6-18)33(49,50)51;2*1-2-3;;;2*1-7(2,3,4,5)6/h2*1-9,13-15,25-27H,10-12H2;2*1H3;;;;/q;;;;2*+1;2*-1. The zero-order valence-corrected chi connectivity index (χ0v) is 66.5. The fraction of sp³-hybridized carbons (Fsp3) is 0.371. The van der Waals surface area contributed by atoms with E-state index in [1.807, 2.05) is 0 Å². The minimum atomic E-state index is -10.7. The molecule has 0 radical (unpaired) electrons. The molecular formula is C70H48Cu2F48N8P2. The molecule has 2 fully saturated rings. The molecule has 0 bridgehead atoms. The Kier molecular flexibility index (Phi) is 37.6. The molecule has 0 atom stereocenters. The van der Waals surface area contributed by atoms with Gasteiger partial charge < -0.3 is 0 Å². The van der Waals surface area contributed by atoms with Gasteiger partial charge in [0.05, 0.1) is 115 Å². The zero-order chi connectivity index (χ0) is 99.5. The molecule has 0 aromatic heterocycles. The minimum absolute atomic E-state index is 0. The summed E-state index contributed by atoms with van der Waals surface area (Å²) >= 11 is 0. The number of rotatable bonds is 12. The molecule has 0 unspecified atom stereocenters. The number of benzene rings is 6. The van der Waals surface area contributed by atoms with Crippen molar-refractivity contribution >= 4 is 52.9 Å². The van der Waals surface area contributed by atoms with Gasteiger partial charge in [0.1, 0.15) is 0 Å². The molecule has 0 amide bonds. The van der Waals surface area contributed by atoms with E-state index in [0.717, 1.165) is 0 Å². The molecule has 60 heteroatoms. The van der Waals surface area contributed by atoms with Gasteiger partial charge in [-0.25, -0.2) is 0 Å². The van der Waals surface area contributed by atoms with Gasteiger partial charge in [-0.1, -0.05) is 0 Å². The average Bonchev–Trinajstić information content (AvgIpc) is 0.790. The van der Waals surface area contributed by atoms with Crippen molar-refractivity contribution in [1.82, 2.24) is 0 Å². The Morgan fingerprint density at radius 3 is 0.338 bits per heavy atom. The first kappa shape index (κ1) is 119. The van der Waals surface area contributed by atoms with Crippen molar-refractivity contribution in [2.24, 2.45) is 30.0 Å². The van der Waals surface area contributed by atoms with Crippen LogP contribution in [0, 0.1) is 22.7 Å². The van der Waals surface area contributed by atoms with Crippen molar-refractivity contribution in [1.29, 1.82) is 10.5 Å². The van der Waals surface area contributed by atoms with Gasteiger partial charge in [-0.05, 0) is 181 Å². The molecule has 2 aliphatic rings. The van der Waals surface area contributed by atoms with Crippen LogP contribution < -0.4 is 0 Å². The largest absolute Gasteiger partial charge is 1.00 e. The van der Waals surface area contributed by atoms with Gasteiger partial charge >= 0.3 is 174 Å². The molecule has 0 N–H and O–H groups in total. The van der Waals surface area contributed by atoms with Crippen molar-refractivity contribution in [2.45, 2.75) is 163 Å². The van der Waals surface area contributed by atoms with Crippen LogP contribution >= 0.6 is 15.6 Å². The van der Waals surface area contributed by atoms with Crippen molar-refractivity contribution in [3.63, 3.8) is 0 Å². The molecule has 6 aromatic rings. The molecule has 6 aromatic carbocycles. The summed E-state index contributed by atoms with van der Waals surface area (Å²) in [5.74, 6) is 0. The second-order valence-electron chi connectivity index (χ2n) is 26.4. The van der Waals surface area contributed by atoms with Gasteiger partial charge in [0.2, 0.25) is 0 Å². The van der Waals surface area contributed by atoms with E-state index in [-0.39, 0.29) is 109 Å². The van der Waals surface area contributed by atoms with Crippen LogP contribution in [0.3, 0.4) is 0 Å². The number of nitrogens with zero attached hydrogens (tertiary/aromatic N) is 8. The molecule has 0 saturated heterocycles. The van der Waals surface area contributed by atoms with E-state index in [9.17, 15) is 208 Å². The summed E-state index contributed by atoms with van der Waals surface area (Å²) in [4.78, 5) is 24.0. The fourth-order valence-corrected chi connectivity index (χ4v) is 10.7. The van der Waals surface area contributed by atoms with Crippen LogP contribution in [-0.4, -0.2) is 73.5 Å². The number of alkyl halides is 36. The second-order valence-corrected chi connectivity index (χ2v) is 30.2. The van der Waals surface area contributed by atoms with Crippen LogP contribution in [0.1, 0.15) is 153 Å². The van der Waals surface area contributed by atoms with E-state index in [1.165, 1.54) is 13.8 Å². The molecule has 130 heavy (non-hydrogen) atoms. The molecule has 2 saturated carbocycles. The van der Waals surface area contributed by atoms with Crippen LogP contribution in [0.25, 0.3) is 0 Å². The molecule has 0 aliphatic heterocycles. The quantitative estimate of drug-likeness (QED) is 0.0524. The zero-order valence-electron chi connectivity index (χ0n) is 62.8. The Morgan fingerprint density at radius 2 is 0.277 bits per heavy atom. The van der Waals surface area contributed by atoms with E-state index in [0.29, 0.717) is 110 Å². The van der Waals surface area contributed by atoms with Crippen molar-refractivity contribution in [3.05, 3.63) is 209 Å². The average molecular weight is 2100 g/mol. The Hall–Kier alpha value is -9.14. The van der Waals surface area contributed by atoms with Crippen molar-refractivity contribution in [2.75, 3.05) is 0 Å². The Morgan fingerprint density at radius 1 is 0.208 bits per heavy atom. The molecule has 0 spiro atoms. The number of nitriles is 2. The minimum Gasteiger partial charge on any atom is 1.00 e. The monoisotopic (exact) mass is 2100 g/mol. The third-order valence-corrected chi connectivity index (χ3v) is 15.5. The first-order valence-corrected chi connectivity index (χ1v) is 37.5. The summed E-state index contributed by atoms with van der Waals surface area (Å²) in [5.41, 5.74) is -24.4. The normalized spacial score (nSPS) is 19.0. The number of halogens is 48. The third-order valence-electron chi connectivity index (χ3n) is 15.5. The van der Waals surface area contributed by atoms with E-state index >= 15 is 0 Å². The predicted molar refractivity (Wildman–Crippen MR) is 364 cm³/mol. The van der Waals surface area contributed by atoms with E-state index in [1.54, 1.807) is 12.1 Å². The summed E-state index contributed by atoms with van der Waals surface area (Å²) in [5, 5.41) is 14.6. The Labute approximate surface area is 717 Å². The van der Waals surface area contributed by atoms with Crippen molar-refractivity contribution in [3.8, 4) is 12.1 Å². The molecular weight excluding hydrogens is 2050 g/mol. The third kappa shape index (κ3) is 46.3. The molecule has 2 aliphatic carbocycles. The van der Waals surface area contributed by atoms with Gasteiger partial charge in [-0.3, -0.25) is 30.0 Å². The van der Waals surface area contributed by atoms with Gasteiger partial charge in [0, 0.05) is 51.1 Å². The summed E-state index contributed by atoms with van der Waals surface area (Å²) in [7, 11) is -21.3. The van der Waals surface area contributed by atoms with Crippen LogP contribution in [0.4, 0.5) is 208 Å². The first-order valence-electron chi connectivity index (χ1n) is 33.4. The summed E-state index contributed by atoms with van der Waals surface area (Å²) in [6, 6.07) is -0.223. The van der Waals surface area contributed by atoms with Gasteiger partial charge in [-0.2, -0.15) is 169 Å². The number of hydrogen-bond acceptors (Lipinski definition) is 8. The maximum absolute atomic E-state index is 13.4. The van der Waals surface area contributed by atoms with E-state index < -0.39 is 226 Å². The predicted octanol–water partition coefficient (Wildman–Crippen LogP) is 31.3. The Bertz CT molecular complexity index is 4110. The van der Waals surface area contributed by atoms with Crippen LogP contribution in [0.15, 0.2) is 139 Å².